The van der Waals surface area contributed by atoms with Crippen molar-refractivity contribution in [3.63, 3.8) is 0 Å². The highest BCUT2D eigenvalue weighted by Gasteiger charge is 2.08. The van der Waals surface area contributed by atoms with Gasteiger partial charge in [-0.1, -0.05) is 48.5 Å². The van der Waals surface area contributed by atoms with Crippen LogP contribution in [0.15, 0.2) is 84.9 Å². The van der Waals surface area contributed by atoms with Crippen molar-refractivity contribution in [3.05, 3.63) is 96.1 Å². The highest BCUT2D eigenvalue weighted by atomic mass is 16.5. The zero-order valence-electron chi connectivity index (χ0n) is 17.2. The molecule has 0 aromatic heterocycles. The van der Waals surface area contributed by atoms with Gasteiger partial charge in [0.05, 0.1) is 14.2 Å². The molecule has 4 aromatic rings. The second kappa shape index (κ2) is 9.23. The molecule has 0 amide bonds. The maximum atomic E-state index is 6.11. The van der Waals surface area contributed by atoms with Crippen LogP contribution in [-0.2, 0) is 13.2 Å². The fraction of sp³-hybridized carbons (Fsp3) is 0.154. The number of rotatable bonds is 8. The van der Waals surface area contributed by atoms with Gasteiger partial charge in [-0.2, -0.15) is 0 Å². The van der Waals surface area contributed by atoms with Crippen LogP contribution in [0.4, 0.5) is 5.69 Å². The van der Waals surface area contributed by atoms with E-state index in [4.69, 9.17) is 14.2 Å². The molecule has 0 aliphatic heterocycles. The van der Waals surface area contributed by atoms with Gasteiger partial charge in [0, 0.05) is 12.2 Å². The molecule has 0 unspecified atom stereocenters. The van der Waals surface area contributed by atoms with Gasteiger partial charge in [0.25, 0.3) is 0 Å². The van der Waals surface area contributed by atoms with Gasteiger partial charge in [0.1, 0.15) is 12.4 Å². The molecular formula is C26H25NO3. The Morgan fingerprint density at radius 2 is 1.53 bits per heavy atom. The monoisotopic (exact) mass is 399 g/mol. The molecular weight excluding hydrogens is 374 g/mol. The van der Waals surface area contributed by atoms with Gasteiger partial charge in [-0.25, -0.2) is 0 Å². The Balaban J connectivity index is 1.44. The number of benzene rings is 4. The van der Waals surface area contributed by atoms with Crippen molar-refractivity contribution in [1.82, 2.24) is 0 Å². The maximum Gasteiger partial charge on any atom is 0.161 e. The lowest BCUT2D eigenvalue weighted by Gasteiger charge is -2.14. The van der Waals surface area contributed by atoms with Crippen LogP contribution in [0.25, 0.3) is 10.8 Å². The minimum atomic E-state index is 0.487. The Bertz CT molecular complexity index is 1120. The molecule has 0 aliphatic rings. The normalized spacial score (nSPS) is 10.6. The summed E-state index contributed by atoms with van der Waals surface area (Å²) in [6.07, 6.45) is 0. The molecule has 0 atom stereocenters. The van der Waals surface area contributed by atoms with Crippen LogP contribution in [0.5, 0.6) is 17.2 Å². The van der Waals surface area contributed by atoms with E-state index in [1.54, 1.807) is 14.2 Å². The van der Waals surface area contributed by atoms with E-state index in [0.29, 0.717) is 13.2 Å². The molecule has 4 heteroatoms. The lowest BCUT2D eigenvalue weighted by atomic mass is 10.1. The zero-order valence-corrected chi connectivity index (χ0v) is 17.2. The molecule has 0 radical (unpaired) electrons. The summed E-state index contributed by atoms with van der Waals surface area (Å²) >= 11 is 0. The second-order valence-electron chi connectivity index (χ2n) is 6.99. The van der Waals surface area contributed by atoms with Gasteiger partial charge < -0.3 is 19.5 Å². The topological polar surface area (TPSA) is 39.7 Å². The molecule has 152 valence electrons. The zero-order chi connectivity index (χ0) is 20.8. The summed E-state index contributed by atoms with van der Waals surface area (Å²) in [6.45, 7) is 1.17. The molecule has 0 spiro atoms. The summed E-state index contributed by atoms with van der Waals surface area (Å²) in [5.41, 5.74) is 3.30. The molecule has 0 saturated heterocycles. The van der Waals surface area contributed by atoms with Gasteiger partial charge in [-0.05, 0) is 58.3 Å². The molecule has 0 heterocycles. The number of nitrogens with one attached hydrogen (secondary N) is 1. The van der Waals surface area contributed by atoms with Crippen LogP contribution in [0, 0.1) is 0 Å². The Kier molecular flexibility index (Phi) is 6.04. The number of hydrogen-bond acceptors (Lipinski definition) is 4. The summed E-state index contributed by atoms with van der Waals surface area (Å²) in [7, 11) is 3.33. The standard InChI is InChI=1S/C26H25NO3/c1-28-23-13-11-22(12-14-23)27-17-19-10-15-25(26(16-19)29-2)30-18-21-8-5-7-20-6-3-4-9-24(20)21/h3-16,27H,17-18H2,1-2H3. The number of hydrogen-bond donors (Lipinski definition) is 1. The average Bonchev–Trinajstić information content (AvgIpc) is 2.82. The molecule has 0 saturated carbocycles. The second-order valence-corrected chi connectivity index (χ2v) is 6.99. The van der Waals surface area contributed by atoms with Gasteiger partial charge in [0.15, 0.2) is 11.5 Å². The van der Waals surface area contributed by atoms with Crippen molar-refractivity contribution in [2.24, 2.45) is 0 Å². The summed E-state index contributed by atoms with van der Waals surface area (Å²) in [5.74, 6) is 2.30. The van der Waals surface area contributed by atoms with Crippen molar-refractivity contribution < 1.29 is 14.2 Å². The Hall–Kier alpha value is -3.66. The number of methoxy groups -OCH3 is 2. The van der Waals surface area contributed by atoms with Gasteiger partial charge >= 0.3 is 0 Å². The molecule has 1 N–H and O–H groups in total. The van der Waals surface area contributed by atoms with Crippen LogP contribution < -0.4 is 19.5 Å². The lowest BCUT2D eigenvalue weighted by Crippen LogP contribution is -2.02. The van der Waals surface area contributed by atoms with Crippen LogP contribution in [0.1, 0.15) is 11.1 Å². The Morgan fingerprint density at radius 3 is 2.33 bits per heavy atom. The molecule has 4 aromatic carbocycles. The predicted molar refractivity (Wildman–Crippen MR) is 122 cm³/mol. The fourth-order valence-corrected chi connectivity index (χ4v) is 3.43. The first kappa shape index (κ1) is 19.6. The van der Waals surface area contributed by atoms with Gasteiger partial charge in [-0.3, -0.25) is 0 Å². The van der Waals surface area contributed by atoms with Crippen molar-refractivity contribution >= 4 is 16.5 Å². The third kappa shape index (κ3) is 4.49. The van der Waals surface area contributed by atoms with E-state index in [1.165, 1.54) is 10.8 Å². The summed E-state index contributed by atoms with van der Waals surface area (Å²) in [6, 6.07) is 28.5. The van der Waals surface area contributed by atoms with Crippen molar-refractivity contribution in [3.8, 4) is 17.2 Å². The van der Waals surface area contributed by atoms with Crippen LogP contribution in [0.3, 0.4) is 0 Å². The van der Waals surface area contributed by atoms with E-state index < -0.39 is 0 Å². The highest BCUT2D eigenvalue weighted by Crippen LogP contribution is 2.30. The first-order valence-corrected chi connectivity index (χ1v) is 9.91. The third-order valence-corrected chi connectivity index (χ3v) is 5.08. The van der Waals surface area contributed by atoms with Crippen molar-refractivity contribution in [1.29, 1.82) is 0 Å². The van der Waals surface area contributed by atoms with Crippen LogP contribution >= 0.6 is 0 Å². The summed E-state index contributed by atoms with van der Waals surface area (Å²) in [4.78, 5) is 0. The SMILES string of the molecule is COc1ccc(NCc2ccc(OCc3cccc4ccccc34)c(OC)c2)cc1. The fourth-order valence-electron chi connectivity index (χ4n) is 3.43. The van der Waals surface area contributed by atoms with E-state index in [9.17, 15) is 0 Å². The third-order valence-electron chi connectivity index (χ3n) is 5.08. The first-order valence-electron chi connectivity index (χ1n) is 9.91. The van der Waals surface area contributed by atoms with Gasteiger partial charge in [-0.15, -0.1) is 0 Å². The number of ether oxygens (including phenoxy) is 3. The molecule has 4 rings (SSSR count). The van der Waals surface area contributed by atoms with E-state index in [1.807, 2.05) is 36.4 Å². The largest absolute Gasteiger partial charge is 0.497 e. The van der Waals surface area contributed by atoms with E-state index in [-0.39, 0.29) is 0 Å². The number of anilines is 1. The van der Waals surface area contributed by atoms with Crippen LogP contribution in [0.2, 0.25) is 0 Å². The predicted octanol–water partition coefficient (Wildman–Crippen LogP) is 6.05. The smallest absolute Gasteiger partial charge is 0.161 e. The summed E-state index contributed by atoms with van der Waals surface area (Å²) < 4.78 is 16.9. The van der Waals surface area contributed by atoms with E-state index >= 15 is 0 Å². The minimum Gasteiger partial charge on any atom is -0.497 e. The lowest BCUT2D eigenvalue weighted by molar-refractivity contribution is 0.285. The number of fused-ring (bicyclic) bond motifs is 1. The maximum absolute atomic E-state index is 6.11. The highest BCUT2D eigenvalue weighted by molar-refractivity contribution is 5.85. The van der Waals surface area contributed by atoms with E-state index in [2.05, 4.69) is 53.8 Å². The molecule has 0 aliphatic carbocycles. The minimum absolute atomic E-state index is 0.487. The van der Waals surface area contributed by atoms with Crippen LogP contribution in [-0.4, -0.2) is 14.2 Å². The molecule has 30 heavy (non-hydrogen) atoms. The summed E-state index contributed by atoms with van der Waals surface area (Å²) in [5, 5.41) is 5.83. The first-order chi connectivity index (χ1) is 14.8. The molecule has 0 fully saturated rings. The average molecular weight is 399 g/mol. The van der Waals surface area contributed by atoms with Crippen molar-refractivity contribution in [2.75, 3.05) is 19.5 Å². The van der Waals surface area contributed by atoms with E-state index in [0.717, 1.165) is 34.1 Å². The Labute approximate surface area is 177 Å². The quantitative estimate of drug-likeness (QED) is 0.392. The van der Waals surface area contributed by atoms with Crippen molar-refractivity contribution in [2.45, 2.75) is 13.2 Å². The molecule has 0 bridgehead atoms. The van der Waals surface area contributed by atoms with Gasteiger partial charge in [0.2, 0.25) is 0 Å². The Morgan fingerprint density at radius 1 is 0.733 bits per heavy atom. The molecule has 4 nitrogen and oxygen atoms in total.